The van der Waals surface area contributed by atoms with Crippen LogP contribution in [-0.2, 0) is 11.3 Å². The van der Waals surface area contributed by atoms with Crippen LogP contribution in [0.15, 0.2) is 82.6 Å². The average Bonchev–Trinajstić information content (AvgIpc) is 2.89. The van der Waals surface area contributed by atoms with Crippen molar-refractivity contribution in [3.05, 3.63) is 100.0 Å². The van der Waals surface area contributed by atoms with Crippen molar-refractivity contribution in [1.82, 2.24) is 5.32 Å². The molecule has 2 atom stereocenters. The van der Waals surface area contributed by atoms with Gasteiger partial charge in [-0.2, -0.15) is 0 Å². The Labute approximate surface area is 217 Å². The highest BCUT2D eigenvalue weighted by molar-refractivity contribution is 8.04. The maximum Gasteiger partial charge on any atom is 0.265 e. The highest BCUT2D eigenvalue weighted by Crippen LogP contribution is 2.42. The lowest BCUT2D eigenvalue weighted by molar-refractivity contribution is -0.114. The summed E-state index contributed by atoms with van der Waals surface area (Å²) in [6, 6.07) is 24.2. The van der Waals surface area contributed by atoms with Crippen LogP contribution in [0, 0.1) is 12.8 Å². The fourth-order valence-electron chi connectivity index (χ4n) is 4.96. The first-order valence-electron chi connectivity index (χ1n) is 12.7. The van der Waals surface area contributed by atoms with Gasteiger partial charge in [-0.15, -0.1) is 0 Å². The molecule has 36 heavy (non-hydrogen) atoms. The molecule has 0 unspecified atom stereocenters. The summed E-state index contributed by atoms with van der Waals surface area (Å²) < 4.78 is 0. The first-order valence-corrected chi connectivity index (χ1v) is 13.6. The number of hydrogen-bond acceptors (Lipinski definition) is 3. The molecule has 1 aliphatic heterocycles. The van der Waals surface area contributed by atoms with Crippen molar-refractivity contribution < 1.29 is 9.59 Å². The third kappa shape index (κ3) is 5.41. The summed E-state index contributed by atoms with van der Waals surface area (Å²) in [5.74, 6) is 0.494. The SMILES string of the molecule is Cc1ccc(CN2C(=O)/C(=C\c3ccc(C(=O)N[C@@H]4CCCC[C@H]4C)cc3)Sc3ccccc32)cc1. The van der Waals surface area contributed by atoms with Crippen molar-refractivity contribution >= 4 is 35.3 Å². The first kappa shape index (κ1) is 24.4. The molecule has 1 heterocycles. The lowest BCUT2D eigenvalue weighted by atomic mass is 9.86. The molecule has 1 N–H and O–H groups in total. The minimum absolute atomic E-state index is 0.00705. The number of carbonyl (C=O) groups excluding carboxylic acids is 2. The Balaban J connectivity index is 1.35. The van der Waals surface area contributed by atoms with Crippen molar-refractivity contribution in [2.24, 2.45) is 5.92 Å². The van der Waals surface area contributed by atoms with E-state index in [4.69, 9.17) is 0 Å². The van der Waals surface area contributed by atoms with Gasteiger partial charge in [0.25, 0.3) is 11.8 Å². The maximum absolute atomic E-state index is 13.6. The average molecular weight is 497 g/mol. The van der Waals surface area contributed by atoms with Gasteiger partial charge in [-0.1, -0.05) is 85.6 Å². The first-order chi connectivity index (χ1) is 17.5. The molecule has 3 aromatic carbocycles. The highest BCUT2D eigenvalue weighted by atomic mass is 32.2. The number of para-hydroxylation sites is 1. The van der Waals surface area contributed by atoms with E-state index in [1.165, 1.54) is 36.6 Å². The molecule has 0 saturated heterocycles. The van der Waals surface area contributed by atoms with E-state index in [0.29, 0.717) is 22.9 Å². The Morgan fingerprint density at radius 1 is 1.00 bits per heavy atom. The van der Waals surface area contributed by atoms with Gasteiger partial charge in [0, 0.05) is 16.5 Å². The van der Waals surface area contributed by atoms with Crippen LogP contribution in [0.5, 0.6) is 0 Å². The van der Waals surface area contributed by atoms with Crippen molar-refractivity contribution in [3.63, 3.8) is 0 Å². The van der Waals surface area contributed by atoms with Crippen LogP contribution >= 0.6 is 11.8 Å². The zero-order chi connectivity index (χ0) is 25.1. The Hall–Kier alpha value is -3.31. The number of aryl methyl sites for hydroxylation is 1. The van der Waals surface area contributed by atoms with E-state index in [2.05, 4.69) is 49.5 Å². The van der Waals surface area contributed by atoms with Gasteiger partial charge in [-0.25, -0.2) is 0 Å². The summed E-state index contributed by atoms with van der Waals surface area (Å²) in [6.07, 6.45) is 6.58. The molecule has 184 valence electrons. The normalized spacial score (nSPS) is 20.8. The number of anilines is 1. The van der Waals surface area contributed by atoms with Crippen molar-refractivity contribution in [1.29, 1.82) is 0 Å². The number of amides is 2. The zero-order valence-corrected chi connectivity index (χ0v) is 21.7. The largest absolute Gasteiger partial charge is 0.349 e. The van der Waals surface area contributed by atoms with Gasteiger partial charge in [0.2, 0.25) is 0 Å². The van der Waals surface area contributed by atoms with E-state index in [1.54, 1.807) is 0 Å². The van der Waals surface area contributed by atoms with Gasteiger partial charge in [0.05, 0.1) is 17.1 Å². The molecule has 1 fully saturated rings. The fourth-order valence-corrected chi connectivity index (χ4v) is 6.02. The van der Waals surface area contributed by atoms with Crippen LogP contribution in [0.4, 0.5) is 5.69 Å². The summed E-state index contributed by atoms with van der Waals surface area (Å²) in [4.78, 5) is 30.0. The number of benzene rings is 3. The third-order valence-electron chi connectivity index (χ3n) is 7.19. The van der Waals surface area contributed by atoms with Crippen LogP contribution in [0.25, 0.3) is 6.08 Å². The molecule has 0 aromatic heterocycles. The molecular weight excluding hydrogens is 464 g/mol. The Bertz CT molecular complexity index is 1280. The predicted molar refractivity (Wildman–Crippen MR) is 148 cm³/mol. The summed E-state index contributed by atoms with van der Waals surface area (Å²) in [5, 5.41) is 3.22. The van der Waals surface area contributed by atoms with E-state index in [9.17, 15) is 9.59 Å². The second kappa shape index (κ2) is 10.8. The number of nitrogens with one attached hydrogen (secondary N) is 1. The van der Waals surface area contributed by atoms with Gasteiger partial charge in [-0.3, -0.25) is 9.59 Å². The van der Waals surface area contributed by atoms with Crippen LogP contribution in [0.3, 0.4) is 0 Å². The number of rotatable bonds is 5. The summed E-state index contributed by atoms with van der Waals surface area (Å²) in [7, 11) is 0. The molecule has 2 amide bonds. The van der Waals surface area contributed by atoms with Crippen LogP contribution in [-0.4, -0.2) is 17.9 Å². The van der Waals surface area contributed by atoms with Gasteiger partial charge in [-0.05, 0) is 67.2 Å². The maximum atomic E-state index is 13.6. The monoisotopic (exact) mass is 496 g/mol. The molecule has 4 nitrogen and oxygen atoms in total. The molecule has 0 spiro atoms. The van der Waals surface area contributed by atoms with E-state index >= 15 is 0 Å². The van der Waals surface area contributed by atoms with E-state index in [0.717, 1.165) is 28.1 Å². The lowest BCUT2D eigenvalue weighted by Gasteiger charge is -2.30. The van der Waals surface area contributed by atoms with E-state index in [-0.39, 0.29) is 17.9 Å². The van der Waals surface area contributed by atoms with Gasteiger partial charge in [0.1, 0.15) is 0 Å². The molecule has 5 heteroatoms. The number of thioether (sulfide) groups is 1. The third-order valence-corrected chi connectivity index (χ3v) is 8.27. The topological polar surface area (TPSA) is 49.4 Å². The van der Waals surface area contributed by atoms with Crippen LogP contribution in [0.2, 0.25) is 0 Å². The second-order valence-electron chi connectivity index (χ2n) is 9.92. The quantitative estimate of drug-likeness (QED) is 0.388. The lowest BCUT2D eigenvalue weighted by Crippen LogP contribution is -2.41. The van der Waals surface area contributed by atoms with Crippen molar-refractivity contribution in [2.45, 2.75) is 57.0 Å². The second-order valence-corrected chi connectivity index (χ2v) is 11.0. The Morgan fingerprint density at radius 3 is 2.47 bits per heavy atom. The number of hydrogen-bond donors (Lipinski definition) is 1. The zero-order valence-electron chi connectivity index (χ0n) is 20.9. The minimum Gasteiger partial charge on any atom is -0.349 e. The van der Waals surface area contributed by atoms with Crippen molar-refractivity contribution in [2.75, 3.05) is 4.90 Å². The van der Waals surface area contributed by atoms with E-state index < -0.39 is 0 Å². The fraction of sp³-hybridized carbons (Fsp3) is 0.290. The summed E-state index contributed by atoms with van der Waals surface area (Å²) >= 11 is 1.50. The number of fused-ring (bicyclic) bond motifs is 1. The highest BCUT2D eigenvalue weighted by Gasteiger charge is 2.29. The van der Waals surface area contributed by atoms with Gasteiger partial charge < -0.3 is 10.2 Å². The molecule has 3 aromatic rings. The van der Waals surface area contributed by atoms with Gasteiger partial charge in [0.15, 0.2) is 0 Å². The predicted octanol–water partition coefficient (Wildman–Crippen LogP) is 6.98. The molecule has 0 radical (unpaired) electrons. The van der Waals surface area contributed by atoms with Gasteiger partial charge >= 0.3 is 0 Å². The molecule has 2 aliphatic rings. The number of carbonyl (C=O) groups is 2. The molecule has 1 aliphatic carbocycles. The summed E-state index contributed by atoms with van der Waals surface area (Å²) in [6.45, 7) is 4.80. The Morgan fingerprint density at radius 2 is 1.72 bits per heavy atom. The standard InChI is InChI=1S/C31H32N2O2S/c1-21-11-13-24(14-12-21)20-33-27-9-5-6-10-28(27)36-29(31(33)35)19-23-15-17-25(18-16-23)30(34)32-26-8-4-3-7-22(26)2/h5-6,9-19,22,26H,3-4,7-8,20H2,1-2H3,(H,32,34)/b29-19+/t22-,26-/m1/s1. The Kier molecular flexibility index (Phi) is 7.28. The van der Waals surface area contributed by atoms with E-state index in [1.807, 2.05) is 53.4 Å². The van der Waals surface area contributed by atoms with Crippen LogP contribution in [0.1, 0.15) is 59.7 Å². The smallest absolute Gasteiger partial charge is 0.265 e. The molecule has 1 saturated carbocycles. The minimum atomic E-state index is -0.0192. The number of nitrogens with zero attached hydrogens (tertiary/aromatic N) is 1. The molecule has 0 bridgehead atoms. The van der Waals surface area contributed by atoms with Crippen molar-refractivity contribution in [3.8, 4) is 0 Å². The van der Waals surface area contributed by atoms with Crippen LogP contribution < -0.4 is 10.2 Å². The summed E-state index contributed by atoms with van der Waals surface area (Å²) in [5.41, 5.74) is 4.80. The molecule has 5 rings (SSSR count). The molecular formula is C31H32N2O2S.